The molecule has 0 bridgehead atoms. The lowest BCUT2D eigenvalue weighted by Gasteiger charge is -2.24. The van der Waals surface area contributed by atoms with Gasteiger partial charge in [-0.25, -0.2) is 9.79 Å². The first-order valence-corrected chi connectivity index (χ1v) is 17.0. The fourth-order valence-corrected chi connectivity index (χ4v) is 7.19. The van der Waals surface area contributed by atoms with E-state index in [4.69, 9.17) is 30.8 Å². The van der Waals surface area contributed by atoms with Gasteiger partial charge in [-0.05, 0) is 100 Å². The molecule has 3 heterocycles. The van der Waals surface area contributed by atoms with Gasteiger partial charge in [0, 0.05) is 27.7 Å². The Kier molecular flexibility index (Phi) is 9.71. The van der Waals surface area contributed by atoms with E-state index in [2.05, 4.69) is 10.6 Å². The highest BCUT2D eigenvalue weighted by Gasteiger charge is 2.33. The Hall–Kier alpha value is -4.86. The van der Waals surface area contributed by atoms with Gasteiger partial charge in [0.1, 0.15) is 18.1 Å². The molecule has 1 aliphatic rings. The van der Waals surface area contributed by atoms with E-state index in [1.54, 1.807) is 18.4 Å². The normalized spacial score (nSPS) is 14.5. The third kappa shape index (κ3) is 6.48. The van der Waals surface area contributed by atoms with Crippen molar-refractivity contribution in [2.24, 2.45) is 4.99 Å². The van der Waals surface area contributed by atoms with Crippen LogP contribution < -0.4 is 24.4 Å². The number of ether oxygens (including phenoxy) is 3. The van der Waals surface area contributed by atoms with Crippen molar-refractivity contribution in [1.29, 1.82) is 0 Å². The Morgan fingerprint density at radius 3 is 2.31 bits per heavy atom. The van der Waals surface area contributed by atoms with E-state index >= 15 is 0 Å². The van der Waals surface area contributed by atoms with Gasteiger partial charge in [0.2, 0.25) is 0 Å². The molecule has 3 aromatic carbocycles. The number of esters is 1. The van der Waals surface area contributed by atoms with Crippen LogP contribution >= 0.6 is 22.9 Å². The SMILES string of the molecule is CCOC(=O)C1=C(C)N=c2s/c(=C\c3cc(C)n(-c4ccc(OCc5ccccc5Cl)cc4)c3C)c(=O)n2[C@@H]1c1ccc(OCC)cc1. The summed E-state index contributed by atoms with van der Waals surface area (Å²) >= 11 is 7.59. The molecule has 0 saturated carbocycles. The topological polar surface area (TPSA) is 84.0 Å². The molecule has 0 spiro atoms. The predicted molar refractivity (Wildman–Crippen MR) is 189 cm³/mol. The average molecular weight is 682 g/mol. The van der Waals surface area contributed by atoms with Crippen LogP contribution in [0.15, 0.2) is 99.9 Å². The van der Waals surface area contributed by atoms with Crippen molar-refractivity contribution in [2.45, 2.75) is 47.3 Å². The molecular weight excluding hydrogens is 646 g/mol. The van der Waals surface area contributed by atoms with Gasteiger partial charge in [0.25, 0.3) is 5.56 Å². The van der Waals surface area contributed by atoms with Crippen LogP contribution in [0.25, 0.3) is 11.8 Å². The van der Waals surface area contributed by atoms with Crippen LogP contribution in [0.5, 0.6) is 11.5 Å². The number of fused-ring (bicyclic) bond motifs is 1. The third-order valence-corrected chi connectivity index (χ3v) is 9.58. The molecular formula is C38H36ClN3O5S. The lowest BCUT2D eigenvalue weighted by molar-refractivity contribution is -0.139. The second-order valence-electron chi connectivity index (χ2n) is 11.3. The molecule has 0 aliphatic carbocycles. The van der Waals surface area contributed by atoms with Gasteiger partial charge in [-0.15, -0.1) is 0 Å². The quantitative estimate of drug-likeness (QED) is 0.151. The van der Waals surface area contributed by atoms with Gasteiger partial charge in [-0.3, -0.25) is 9.36 Å². The molecule has 0 fully saturated rings. The van der Waals surface area contributed by atoms with E-state index in [9.17, 15) is 9.59 Å². The van der Waals surface area contributed by atoms with Crippen LogP contribution in [-0.4, -0.2) is 28.3 Å². The zero-order chi connectivity index (χ0) is 33.9. The van der Waals surface area contributed by atoms with Crippen molar-refractivity contribution in [1.82, 2.24) is 9.13 Å². The van der Waals surface area contributed by atoms with Crippen molar-refractivity contribution in [3.05, 3.63) is 143 Å². The zero-order valence-electron chi connectivity index (χ0n) is 27.5. The number of rotatable bonds is 10. The summed E-state index contributed by atoms with van der Waals surface area (Å²) in [5.74, 6) is 0.958. The number of carbonyl (C=O) groups is 1. The van der Waals surface area contributed by atoms with Gasteiger partial charge in [-0.1, -0.05) is 53.3 Å². The van der Waals surface area contributed by atoms with E-state index in [1.165, 1.54) is 11.3 Å². The Morgan fingerprint density at radius 2 is 1.62 bits per heavy atom. The third-order valence-electron chi connectivity index (χ3n) is 8.23. The van der Waals surface area contributed by atoms with Crippen molar-refractivity contribution in [2.75, 3.05) is 13.2 Å². The van der Waals surface area contributed by atoms with Crippen LogP contribution in [-0.2, 0) is 16.1 Å². The van der Waals surface area contributed by atoms with E-state index < -0.39 is 12.0 Å². The first-order chi connectivity index (χ1) is 23.2. The summed E-state index contributed by atoms with van der Waals surface area (Å²) in [6.07, 6.45) is 1.91. The molecule has 0 amide bonds. The Labute approximate surface area is 287 Å². The molecule has 10 heteroatoms. The second-order valence-corrected chi connectivity index (χ2v) is 12.8. The van der Waals surface area contributed by atoms with E-state index in [1.807, 2.05) is 99.6 Å². The average Bonchev–Trinajstić information content (AvgIpc) is 3.53. The molecule has 1 aliphatic heterocycles. The summed E-state index contributed by atoms with van der Waals surface area (Å²) in [6, 6.07) is 24.4. The summed E-state index contributed by atoms with van der Waals surface area (Å²) in [6.45, 7) is 10.7. The molecule has 0 saturated heterocycles. The number of thiazole rings is 1. The van der Waals surface area contributed by atoms with Crippen LogP contribution in [0.2, 0.25) is 5.02 Å². The van der Waals surface area contributed by atoms with E-state index in [0.29, 0.717) is 44.6 Å². The summed E-state index contributed by atoms with van der Waals surface area (Å²) in [4.78, 5) is 32.6. The number of hydrogen-bond donors (Lipinski definition) is 0. The fourth-order valence-electron chi connectivity index (χ4n) is 5.96. The minimum Gasteiger partial charge on any atom is -0.494 e. The number of allylic oxidation sites excluding steroid dienone is 1. The first kappa shape index (κ1) is 33.1. The molecule has 2 aromatic heterocycles. The maximum atomic E-state index is 14.2. The smallest absolute Gasteiger partial charge is 0.338 e. The highest BCUT2D eigenvalue weighted by Crippen LogP contribution is 2.32. The summed E-state index contributed by atoms with van der Waals surface area (Å²) in [5.41, 5.74) is 6.22. The number of hydrogen-bond acceptors (Lipinski definition) is 7. The van der Waals surface area contributed by atoms with E-state index in [-0.39, 0.29) is 12.2 Å². The maximum Gasteiger partial charge on any atom is 0.338 e. The highest BCUT2D eigenvalue weighted by atomic mass is 35.5. The first-order valence-electron chi connectivity index (χ1n) is 15.8. The molecule has 6 rings (SSSR count). The molecule has 0 radical (unpaired) electrons. The van der Waals surface area contributed by atoms with Crippen LogP contribution in [0.1, 0.15) is 54.9 Å². The van der Waals surface area contributed by atoms with Crippen molar-refractivity contribution >= 4 is 35.0 Å². The Balaban J connectivity index is 1.35. The van der Waals surface area contributed by atoms with Gasteiger partial charge in [-0.2, -0.15) is 0 Å². The number of halogens is 1. The summed E-state index contributed by atoms with van der Waals surface area (Å²) in [7, 11) is 0. The lowest BCUT2D eigenvalue weighted by atomic mass is 9.96. The van der Waals surface area contributed by atoms with Crippen molar-refractivity contribution < 1.29 is 19.0 Å². The highest BCUT2D eigenvalue weighted by molar-refractivity contribution is 7.07. The number of benzene rings is 3. The molecule has 8 nitrogen and oxygen atoms in total. The second kappa shape index (κ2) is 14.1. The minimum atomic E-state index is -0.691. The zero-order valence-corrected chi connectivity index (χ0v) is 29.0. The van der Waals surface area contributed by atoms with Gasteiger partial charge >= 0.3 is 5.97 Å². The van der Waals surface area contributed by atoms with Crippen molar-refractivity contribution in [3.8, 4) is 17.2 Å². The largest absolute Gasteiger partial charge is 0.494 e. The predicted octanol–water partition coefficient (Wildman–Crippen LogP) is 6.84. The molecule has 1 atom stereocenters. The Bertz CT molecular complexity index is 2190. The summed E-state index contributed by atoms with van der Waals surface area (Å²) < 4.78 is 21.3. The van der Waals surface area contributed by atoms with Crippen LogP contribution in [0.3, 0.4) is 0 Å². The number of carbonyl (C=O) groups excluding carboxylic acids is 1. The van der Waals surface area contributed by atoms with Gasteiger partial charge in [0.05, 0.1) is 35.1 Å². The van der Waals surface area contributed by atoms with Crippen LogP contribution in [0.4, 0.5) is 0 Å². The molecule has 48 heavy (non-hydrogen) atoms. The molecule has 246 valence electrons. The monoisotopic (exact) mass is 681 g/mol. The molecule has 5 aromatic rings. The van der Waals surface area contributed by atoms with Crippen LogP contribution in [0, 0.1) is 13.8 Å². The molecule has 0 N–H and O–H groups in total. The summed E-state index contributed by atoms with van der Waals surface area (Å²) in [5, 5.41) is 0.675. The van der Waals surface area contributed by atoms with Gasteiger partial charge < -0.3 is 18.8 Å². The van der Waals surface area contributed by atoms with E-state index in [0.717, 1.165) is 39.5 Å². The molecule has 0 unspecified atom stereocenters. The number of aromatic nitrogens is 2. The number of nitrogens with zero attached hydrogens (tertiary/aromatic N) is 3. The van der Waals surface area contributed by atoms with Crippen molar-refractivity contribution in [3.63, 3.8) is 0 Å². The van der Waals surface area contributed by atoms with Gasteiger partial charge in [0.15, 0.2) is 4.80 Å². The maximum absolute atomic E-state index is 14.2. The number of aryl methyl sites for hydroxylation is 1. The standard InChI is InChI=1S/C38H36ClN3O5S/c1-6-45-30-16-12-26(13-17-30)35-34(37(44)46-7-2)24(4)40-38-42(35)36(43)33(48-38)21-28-20-23(3)41(25(28)5)29-14-18-31(19-15-29)47-22-27-10-8-9-11-32(27)39/h8-21,35H,6-7,22H2,1-5H3/b33-21-/t35-/m1/s1. The Morgan fingerprint density at radius 1 is 0.938 bits per heavy atom. The lowest BCUT2D eigenvalue weighted by Crippen LogP contribution is -2.39. The fraction of sp³-hybridized carbons (Fsp3) is 0.237. The minimum absolute atomic E-state index is 0.212.